The van der Waals surface area contributed by atoms with E-state index in [9.17, 15) is 0 Å². The van der Waals surface area contributed by atoms with Crippen molar-refractivity contribution in [1.29, 1.82) is 0 Å². The zero-order valence-corrected chi connectivity index (χ0v) is 17.0. The molecular weight excluding hydrogens is 366 g/mol. The van der Waals surface area contributed by atoms with Crippen molar-refractivity contribution in [3.8, 4) is 11.1 Å². The Morgan fingerprint density at radius 2 is 1.71 bits per heavy atom. The third kappa shape index (κ3) is 3.76. The molecule has 2 aromatic rings. The second kappa shape index (κ2) is 8.13. The van der Waals surface area contributed by atoms with Gasteiger partial charge in [0.25, 0.3) is 0 Å². The molecule has 5 rings (SSSR count). The maximum Gasteiger partial charge on any atom is 0.207 e. The number of benzene rings is 1. The molecule has 0 spiro atoms. The quantitative estimate of drug-likeness (QED) is 0.742. The fourth-order valence-electron chi connectivity index (χ4n) is 4.17. The van der Waals surface area contributed by atoms with Gasteiger partial charge in [0, 0.05) is 49.5 Å². The number of rotatable bonds is 4. The van der Waals surface area contributed by atoms with Crippen LogP contribution in [0.25, 0.3) is 11.1 Å². The van der Waals surface area contributed by atoms with Gasteiger partial charge in [-0.15, -0.1) is 0 Å². The number of guanidine groups is 1. The van der Waals surface area contributed by atoms with Gasteiger partial charge in [-0.25, -0.2) is 0 Å². The fourth-order valence-corrected chi connectivity index (χ4v) is 5.11. The van der Waals surface area contributed by atoms with Crippen LogP contribution in [0, 0.1) is 0 Å². The normalized spacial score (nSPS) is 20.9. The number of hydrogen-bond acceptors (Lipinski definition) is 6. The lowest BCUT2D eigenvalue weighted by atomic mass is 9.91. The molecule has 1 aliphatic carbocycles. The van der Waals surface area contributed by atoms with E-state index in [-0.39, 0.29) is 0 Å². The molecule has 28 heavy (non-hydrogen) atoms. The summed E-state index contributed by atoms with van der Waals surface area (Å²) in [7, 11) is 0. The summed E-state index contributed by atoms with van der Waals surface area (Å²) in [6.07, 6.45) is 7.95. The van der Waals surface area contributed by atoms with Crippen LogP contribution in [0.15, 0.2) is 58.7 Å². The predicted octanol–water partition coefficient (Wildman–Crippen LogP) is 3.60. The summed E-state index contributed by atoms with van der Waals surface area (Å²) in [5.74, 6) is 1.18. The van der Waals surface area contributed by atoms with Crippen LogP contribution in [0.3, 0.4) is 0 Å². The summed E-state index contributed by atoms with van der Waals surface area (Å²) < 4.78 is 2.37. The minimum atomic E-state index is 0.858. The molecule has 3 aliphatic rings. The molecule has 6 heteroatoms. The molecule has 1 saturated carbocycles. The number of aliphatic imine (C=N–C) groups is 1. The van der Waals surface area contributed by atoms with E-state index < -0.39 is 0 Å². The Morgan fingerprint density at radius 3 is 2.39 bits per heavy atom. The Kier molecular flexibility index (Phi) is 5.23. The highest BCUT2D eigenvalue weighted by molar-refractivity contribution is 7.97. The number of hydrogen-bond donors (Lipinski definition) is 0. The Hall–Kier alpha value is -2.05. The van der Waals surface area contributed by atoms with Crippen LogP contribution in [0.2, 0.25) is 0 Å². The number of pyridine rings is 1. The van der Waals surface area contributed by atoms with Gasteiger partial charge in [-0.05, 0) is 54.1 Å². The van der Waals surface area contributed by atoms with Crippen molar-refractivity contribution in [2.45, 2.75) is 30.2 Å². The number of piperazine rings is 1. The van der Waals surface area contributed by atoms with Gasteiger partial charge in [0.1, 0.15) is 0 Å². The van der Waals surface area contributed by atoms with Crippen LogP contribution >= 0.6 is 11.9 Å². The maximum atomic E-state index is 4.83. The topological polar surface area (TPSA) is 35.0 Å². The molecule has 1 aromatic heterocycles. The van der Waals surface area contributed by atoms with Gasteiger partial charge in [-0.1, -0.05) is 24.6 Å². The molecule has 0 bridgehead atoms. The van der Waals surface area contributed by atoms with Crippen molar-refractivity contribution in [2.75, 3.05) is 39.3 Å². The minimum Gasteiger partial charge on any atom is -0.340 e. The maximum absolute atomic E-state index is 4.83. The van der Waals surface area contributed by atoms with E-state index in [0.29, 0.717) is 0 Å². The first-order chi connectivity index (χ1) is 13.9. The van der Waals surface area contributed by atoms with Gasteiger partial charge in [0.15, 0.2) is 0 Å². The van der Waals surface area contributed by atoms with Crippen LogP contribution in [0.4, 0.5) is 0 Å². The van der Waals surface area contributed by atoms with Crippen LogP contribution in [0.5, 0.6) is 0 Å². The van der Waals surface area contributed by atoms with E-state index in [4.69, 9.17) is 4.99 Å². The van der Waals surface area contributed by atoms with Crippen molar-refractivity contribution < 1.29 is 0 Å². The molecule has 146 valence electrons. The Balaban J connectivity index is 1.20. The molecule has 1 aromatic carbocycles. The predicted molar refractivity (Wildman–Crippen MR) is 115 cm³/mol. The average Bonchev–Trinajstić information content (AvgIpc) is 3.17. The number of aromatic nitrogens is 1. The van der Waals surface area contributed by atoms with Gasteiger partial charge in [0.2, 0.25) is 5.96 Å². The minimum absolute atomic E-state index is 0.858. The van der Waals surface area contributed by atoms with Crippen molar-refractivity contribution in [3.63, 3.8) is 0 Å². The zero-order chi connectivity index (χ0) is 18.8. The molecule has 0 amide bonds. The molecular formula is C22H27N5S. The summed E-state index contributed by atoms with van der Waals surface area (Å²) in [4.78, 5) is 15.5. The lowest BCUT2D eigenvalue weighted by Gasteiger charge is -2.44. The molecule has 2 fully saturated rings. The second-order valence-electron chi connectivity index (χ2n) is 7.75. The lowest BCUT2D eigenvalue weighted by Crippen LogP contribution is -2.55. The zero-order valence-electron chi connectivity index (χ0n) is 16.2. The third-order valence-corrected chi connectivity index (χ3v) is 7.08. The second-order valence-corrected chi connectivity index (χ2v) is 8.84. The fraction of sp³-hybridized carbons (Fsp3) is 0.455. The van der Waals surface area contributed by atoms with Crippen LogP contribution in [0.1, 0.15) is 19.3 Å². The first kappa shape index (κ1) is 18.0. The first-order valence-electron chi connectivity index (χ1n) is 10.4. The molecule has 0 unspecified atom stereocenters. The summed E-state index contributed by atoms with van der Waals surface area (Å²) in [6.45, 7) is 6.47. The smallest absolute Gasteiger partial charge is 0.207 e. The van der Waals surface area contributed by atoms with E-state index in [1.165, 1.54) is 48.8 Å². The molecule has 0 N–H and O–H groups in total. The molecule has 0 atom stereocenters. The van der Waals surface area contributed by atoms with Crippen molar-refractivity contribution in [2.24, 2.45) is 4.99 Å². The summed E-state index contributed by atoms with van der Waals surface area (Å²) in [5, 5.41) is 0. The van der Waals surface area contributed by atoms with Crippen LogP contribution < -0.4 is 0 Å². The molecule has 0 radical (unpaired) electrons. The van der Waals surface area contributed by atoms with E-state index >= 15 is 0 Å². The molecule has 3 heterocycles. The first-order valence-corrected chi connectivity index (χ1v) is 11.1. The molecule has 2 aliphatic heterocycles. The summed E-state index contributed by atoms with van der Waals surface area (Å²) in [5.41, 5.74) is 2.37. The van der Waals surface area contributed by atoms with E-state index in [1.807, 2.05) is 30.4 Å². The van der Waals surface area contributed by atoms with E-state index in [2.05, 4.69) is 49.4 Å². The van der Waals surface area contributed by atoms with Crippen molar-refractivity contribution in [1.82, 2.24) is 19.1 Å². The number of nitrogens with zero attached hydrogens (tertiary/aromatic N) is 5. The van der Waals surface area contributed by atoms with Crippen molar-refractivity contribution >= 4 is 17.9 Å². The van der Waals surface area contributed by atoms with Gasteiger partial charge in [0.05, 0.1) is 13.1 Å². The van der Waals surface area contributed by atoms with E-state index in [0.717, 1.165) is 37.8 Å². The van der Waals surface area contributed by atoms with Crippen molar-refractivity contribution in [3.05, 3.63) is 48.8 Å². The monoisotopic (exact) mass is 393 g/mol. The Bertz CT molecular complexity index is 811. The summed E-state index contributed by atoms with van der Waals surface area (Å²) >= 11 is 1.81. The van der Waals surface area contributed by atoms with Gasteiger partial charge in [-0.3, -0.25) is 19.2 Å². The third-order valence-electron chi connectivity index (χ3n) is 6.03. The highest BCUT2D eigenvalue weighted by Crippen LogP contribution is 2.30. The van der Waals surface area contributed by atoms with Crippen LogP contribution in [-0.4, -0.2) is 70.4 Å². The van der Waals surface area contributed by atoms with Gasteiger partial charge < -0.3 is 4.90 Å². The SMILES string of the molecule is c1cncc(-c2ccc(SN3CCN=C3N3CCN(C4CCC4)CC3)cc2)c1. The highest BCUT2D eigenvalue weighted by Gasteiger charge is 2.31. The highest BCUT2D eigenvalue weighted by atomic mass is 32.2. The Labute approximate surface area is 171 Å². The lowest BCUT2D eigenvalue weighted by molar-refractivity contribution is 0.0835. The Morgan fingerprint density at radius 1 is 0.893 bits per heavy atom. The van der Waals surface area contributed by atoms with E-state index in [1.54, 1.807) is 0 Å². The largest absolute Gasteiger partial charge is 0.340 e. The molecule has 1 saturated heterocycles. The standard InChI is InChI=1S/C22H27N5S/c1-4-20(5-1)25-13-15-26(16-14-25)22-24-11-12-27(22)28-21-8-6-18(7-9-21)19-3-2-10-23-17-19/h2-3,6-10,17,20H,1,4-5,11-16H2. The van der Waals surface area contributed by atoms with Gasteiger partial charge >= 0.3 is 0 Å². The molecule has 5 nitrogen and oxygen atoms in total. The average molecular weight is 394 g/mol. The summed E-state index contributed by atoms with van der Waals surface area (Å²) in [6, 6.07) is 13.7. The van der Waals surface area contributed by atoms with Gasteiger partial charge in [-0.2, -0.15) is 0 Å². The van der Waals surface area contributed by atoms with Crippen LogP contribution in [-0.2, 0) is 0 Å².